The summed E-state index contributed by atoms with van der Waals surface area (Å²) in [7, 11) is 0. The minimum atomic E-state index is -4.64. The molecule has 324 valence electrons. The zero-order chi connectivity index (χ0) is 44.4. The van der Waals surface area contributed by atoms with E-state index in [9.17, 15) is 35.9 Å². The number of halogens is 7. The number of hydrogen-bond donors (Lipinski definition) is 1. The van der Waals surface area contributed by atoms with Crippen molar-refractivity contribution < 1.29 is 54.9 Å². The molecule has 0 radical (unpaired) electrons. The first-order valence-electron chi connectivity index (χ1n) is 19.2. The van der Waals surface area contributed by atoms with Crippen LogP contribution in [0.3, 0.4) is 0 Å². The molecular formula is C44H33ClF6N6O6. The standard InChI is InChI=1S/C22H16F3N3O3.C11H9ClO3.C11H8F3N3/c23-22(24,25)18-12-15(6-10-26-18)28(19-3-1-2-9-27-19)20(29)21(7-8-21)14-4-5-16-17(11-14)31-13-30-16;12-10(13)11(3-4-11)7-1-2-8-9(5-7)15-6-14-8;12-11(13,14)9-7-8(4-6-15-9)17-10-3-1-2-5-16-10/h1-6,9-12H,7-8,13H2;1-2,5H,3-4,6H2;1-7H,(H,15,16,17). The quantitative estimate of drug-likeness (QED) is 0.115. The molecule has 2 saturated carbocycles. The number of alkyl halides is 6. The van der Waals surface area contributed by atoms with E-state index in [2.05, 4.69) is 25.3 Å². The van der Waals surface area contributed by atoms with Crippen LogP contribution < -0.4 is 29.2 Å². The second-order valence-corrected chi connectivity index (χ2v) is 14.9. The largest absolute Gasteiger partial charge is 0.454 e. The fourth-order valence-corrected chi connectivity index (χ4v) is 7.18. The Bertz CT molecular complexity index is 2630. The second kappa shape index (κ2) is 17.1. The number of anilines is 4. The van der Waals surface area contributed by atoms with E-state index < -0.39 is 34.6 Å². The molecule has 63 heavy (non-hydrogen) atoms. The highest BCUT2D eigenvalue weighted by molar-refractivity contribution is 6.66. The van der Waals surface area contributed by atoms with Gasteiger partial charge in [0.1, 0.15) is 23.0 Å². The molecule has 2 aromatic carbocycles. The number of carbonyl (C=O) groups excluding carboxylic acids is 2. The summed E-state index contributed by atoms with van der Waals surface area (Å²) in [6, 6.07) is 25.5. The number of benzene rings is 2. The third kappa shape index (κ3) is 9.30. The number of hydrogen-bond acceptors (Lipinski definition) is 11. The number of aromatic nitrogens is 4. The summed E-state index contributed by atoms with van der Waals surface area (Å²) in [5.74, 6) is 2.94. The average Bonchev–Trinajstić information content (AvgIpc) is 4.17. The molecule has 0 atom stereocenters. The smallest absolute Gasteiger partial charge is 0.433 e. The summed E-state index contributed by atoms with van der Waals surface area (Å²) < 4.78 is 98.2. The van der Waals surface area contributed by atoms with Gasteiger partial charge in [-0.1, -0.05) is 24.3 Å². The number of amides is 1. The first-order chi connectivity index (χ1) is 30.2. The maximum Gasteiger partial charge on any atom is 0.433 e. The van der Waals surface area contributed by atoms with Crippen LogP contribution in [0.15, 0.2) is 122 Å². The Morgan fingerprint density at radius 2 is 1.13 bits per heavy atom. The molecule has 10 rings (SSSR count). The maximum atomic E-state index is 13.8. The zero-order valence-corrected chi connectivity index (χ0v) is 33.4. The average molecular weight is 891 g/mol. The fourth-order valence-electron chi connectivity index (χ4n) is 6.88. The Morgan fingerprint density at radius 3 is 1.65 bits per heavy atom. The minimum Gasteiger partial charge on any atom is -0.454 e. The number of rotatable bonds is 8. The van der Waals surface area contributed by atoms with Gasteiger partial charge in [-0.3, -0.25) is 24.5 Å². The third-order valence-corrected chi connectivity index (χ3v) is 10.9. The molecule has 19 heteroatoms. The van der Waals surface area contributed by atoms with Crippen molar-refractivity contribution in [3.05, 3.63) is 144 Å². The molecule has 2 aliphatic carbocycles. The number of ether oxygens (including phenoxy) is 4. The van der Waals surface area contributed by atoms with Gasteiger partial charge < -0.3 is 24.3 Å². The van der Waals surface area contributed by atoms with Gasteiger partial charge in [-0.25, -0.2) is 9.97 Å². The first kappa shape index (κ1) is 42.7. The van der Waals surface area contributed by atoms with Crippen LogP contribution >= 0.6 is 11.6 Å². The minimum absolute atomic E-state index is 0.0537. The van der Waals surface area contributed by atoms with E-state index in [-0.39, 0.29) is 36.2 Å². The van der Waals surface area contributed by atoms with Gasteiger partial charge in [-0.2, -0.15) is 26.3 Å². The van der Waals surface area contributed by atoms with Crippen LogP contribution in [0.4, 0.5) is 49.4 Å². The number of fused-ring (bicyclic) bond motifs is 2. The number of nitrogens with one attached hydrogen (secondary N) is 1. The summed E-state index contributed by atoms with van der Waals surface area (Å²) in [4.78, 5) is 41.2. The summed E-state index contributed by atoms with van der Waals surface area (Å²) in [6.45, 7) is 0.359. The molecule has 1 N–H and O–H groups in total. The summed E-state index contributed by atoms with van der Waals surface area (Å²) in [6.07, 6.45) is -1.11. The number of carbonyl (C=O) groups is 2. The normalized spacial score (nSPS) is 15.7. The third-order valence-electron chi connectivity index (χ3n) is 10.5. The van der Waals surface area contributed by atoms with Crippen LogP contribution in [0.1, 0.15) is 48.2 Å². The van der Waals surface area contributed by atoms with E-state index in [0.29, 0.717) is 41.6 Å². The Labute approximate surface area is 359 Å². The topological polar surface area (TPSA) is 138 Å². The molecule has 12 nitrogen and oxygen atoms in total. The van der Waals surface area contributed by atoms with Crippen LogP contribution in [0.25, 0.3) is 0 Å². The molecule has 0 bridgehead atoms. The number of pyridine rings is 4. The van der Waals surface area contributed by atoms with Crippen molar-refractivity contribution in [3.8, 4) is 23.0 Å². The second-order valence-electron chi connectivity index (χ2n) is 14.6. The van der Waals surface area contributed by atoms with Gasteiger partial charge in [0.05, 0.1) is 16.5 Å². The molecule has 0 spiro atoms. The Hall–Kier alpha value is -6.95. The predicted octanol–water partition coefficient (Wildman–Crippen LogP) is 10.1. The van der Waals surface area contributed by atoms with E-state index in [1.165, 1.54) is 23.2 Å². The molecule has 2 fully saturated rings. The molecule has 4 aliphatic rings. The van der Waals surface area contributed by atoms with Gasteiger partial charge in [0.2, 0.25) is 24.7 Å². The molecular weight excluding hydrogens is 858 g/mol. The van der Waals surface area contributed by atoms with Crippen LogP contribution in [0, 0.1) is 0 Å². The maximum absolute atomic E-state index is 13.8. The van der Waals surface area contributed by atoms with Gasteiger partial charge in [-0.05, 0) is 121 Å². The highest BCUT2D eigenvalue weighted by atomic mass is 35.5. The summed E-state index contributed by atoms with van der Waals surface area (Å²) in [5, 5.41) is 2.49. The SMILES string of the molecule is FC(F)(F)c1cc(Nc2ccccn2)ccn1.O=C(Cl)C1(c2ccc3c(c2)OCO3)CC1.O=C(N(c1ccnc(C(F)(F)F)c1)c1ccccn1)C1(c2ccc3c(c2)OCO3)CC1. The van der Waals surface area contributed by atoms with Crippen LogP contribution in [0.5, 0.6) is 23.0 Å². The van der Waals surface area contributed by atoms with E-state index in [1.54, 1.807) is 60.8 Å². The lowest BCUT2D eigenvalue weighted by Gasteiger charge is -2.27. The van der Waals surface area contributed by atoms with Crippen molar-refractivity contribution in [1.29, 1.82) is 0 Å². The van der Waals surface area contributed by atoms with Crippen molar-refractivity contribution in [3.63, 3.8) is 0 Å². The Kier molecular flexibility index (Phi) is 11.6. The monoisotopic (exact) mass is 890 g/mol. The molecule has 6 heterocycles. The molecule has 0 saturated heterocycles. The van der Waals surface area contributed by atoms with Gasteiger partial charge in [0, 0.05) is 30.5 Å². The summed E-state index contributed by atoms with van der Waals surface area (Å²) in [5.41, 5.74) is -1.32. The van der Waals surface area contributed by atoms with E-state index in [1.807, 2.05) is 18.2 Å². The predicted molar refractivity (Wildman–Crippen MR) is 215 cm³/mol. The lowest BCUT2D eigenvalue weighted by atomic mass is 9.93. The zero-order valence-electron chi connectivity index (χ0n) is 32.6. The molecule has 4 aromatic heterocycles. The summed E-state index contributed by atoms with van der Waals surface area (Å²) >= 11 is 5.61. The van der Waals surface area contributed by atoms with Crippen molar-refractivity contribution in [2.45, 2.75) is 48.9 Å². The van der Waals surface area contributed by atoms with Crippen LogP contribution in [-0.2, 0) is 32.8 Å². The van der Waals surface area contributed by atoms with E-state index in [0.717, 1.165) is 54.2 Å². The molecule has 0 unspecified atom stereocenters. The molecule has 1 amide bonds. The fraction of sp³-hybridized carbons (Fsp3) is 0.227. The highest BCUT2D eigenvalue weighted by Crippen LogP contribution is 2.54. The highest BCUT2D eigenvalue weighted by Gasteiger charge is 2.54. The lowest BCUT2D eigenvalue weighted by Crippen LogP contribution is -2.37. The van der Waals surface area contributed by atoms with Gasteiger partial charge >= 0.3 is 12.4 Å². The van der Waals surface area contributed by atoms with Crippen molar-refractivity contribution >= 4 is 45.8 Å². The Balaban J connectivity index is 0.000000143. The van der Waals surface area contributed by atoms with Gasteiger partial charge in [-0.15, -0.1) is 0 Å². The van der Waals surface area contributed by atoms with Gasteiger partial charge in [0.15, 0.2) is 23.0 Å². The molecule has 2 aliphatic heterocycles. The van der Waals surface area contributed by atoms with Crippen molar-refractivity contribution in [2.24, 2.45) is 0 Å². The van der Waals surface area contributed by atoms with E-state index >= 15 is 0 Å². The van der Waals surface area contributed by atoms with Crippen molar-refractivity contribution in [1.82, 2.24) is 19.9 Å². The first-order valence-corrected chi connectivity index (χ1v) is 19.5. The van der Waals surface area contributed by atoms with Crippen molar-refractivity contribution in [2.75, 3.05) is 23.8 Å². The number of nitrogens with zero attached hydrogens (tertiary/aromatic N) is 5. The Morgan fingerprint density at radius 1 is 0.587 bits per heavy atom. The lowest BCUT2D eigenvalue weighted by molar-refractivity contribution is -0.141. The van der Waals surface area contributed by atoms with Crippen LogP contribution in [0.2, 0.25) is 0 Å². The van der Waals surface area contributed by atoms with Gasteiger partial charge in [0.25, 0.3) is 0 Å². The van der Waals surface area contributed by atoms with Crippen LogP contribution in [-0.4, -0.2) is 44.7 Å². The molecule has 6 aromatic rings. The van der Waals surface area contributed by atoms with E-state index in [4.69, 9.17) is 30.5 Å².